The second-order valence-corrected chi connectivity index (χ2v) is 8.34. The number of carboxylic acids is 1. The zero-order valence-corrected chi connectivity index (χ0v) is 19.1. The highest BCUT2D eigenvalue weighted by molar-refractivity contribution is 5.88. The third-order valence-electron chi connectivity index (χ3n) is 5.82. The van der Waals surface area contributed by atoms with Gasteiger partial charge in [-0.2, -0.15) is 8.78 Å². The second-order valence-electron chi connectivity index (χ2n) is 8.34. The molecule has 3 rings (SSSR count). The van der Waals surface area contributed by atoms with Crippen molar-refractivity contribution in [2.24, 2.45) is 0 Å². The van der Waals surface area contributed by atoms with Crippen LogP contribution in [0.4, 0.5) is 8.78 Å². The Morgan fingerprint density at radius 3 is 2.55 bits per heavy atom. The van der Waals surface area contributed by atoms with Crippen molar-refractivity contribution in [1.82, 2.24) is 4.68 Å². The predicted octanol–water partition coefficient (Wildman–Crippen LogP) is 3.87. The number of hydrogen-bond acceptors (Lipinski definition) is 6. The number of carboxylic acid groups (broad SMARTS) is 1. The molecule has 2 aromatic rings. The lowest BCUT2D eigenvalue weighted by Gasteiger charge is -2.45. The van der Waals surface area contributed by atoms with E-state index in [0.717, 1.165) is 12.0 Å². The molecule has 0 spiro atoms. The molecule has 0 saturated heterocycles. The molecule has 0 aliphatic carbocycles. The summed E-state index contributed by atoms with van der Waals surface area (Å²) in [6, 6.07) is 4.26. The van der Waals surface area contributed by atoms with Crippen LogP contribution >= 0.6 is 0 Å². The first kappa shape index (κ1) is 24.5. The molecule has 0 amide bonds. The van der Waals surface area contributed by atoms with E-state index in [-0.39, 0.29) is 23.7 Å². The molecule has 1 N–H and O–H groups in total. The van der Waals surface area contributed by atoms with Crippen LogP contribution in [-0.4, -0.2) is 48.2 Å². The van der Waals surface area contributed by atoms with Crippen LogP contribution in [0.5, 0.6) is 11.5 Å². The standard InChI is InChI=1S/C23H28F2N2O6/c1-5-23(2,3)27-12-14-9-19(32-8-6-7-31-4)20(33-22(24)25)10-15(14)17-11-18(28)16(21(29)30)13-26(17)27/h9-11,13,22H,5-8,12H2,1-4H3,(H,29,30). The number of pyridine rings is 1. The number of nitrogens with zero attached hydrogens (tertiary/aromatic N) is 2. The highest BCUT2D eigenvalue weighted by Crippen LogP contribution is 2.41. The SMILES string of the molecule is CCC(C)(C)N1Cc2cc(OCCCOC)c(OC(F)F)cc2-c2cc(=O)c(C(=O)O)cn21. The third-order valence-corrected chi connectivity index (χ3v) is 5.82. The Kier molecular flexibility index (Phi) is 7.26. The molecule has 0 fully saturated rings. The van der Waals surface area contributed by atoms with Crippen LogP contribution in [0.15, 0.2) is 29.2 Å². The quantitative estimate of drug-likeness (QED) is 0.532. The van der Waals surface area contributed by atoms with Crippen molar-refractivity contribution < 1.29 is 32.9 Å². The smallest absolute Gasteiger partial charge is 0.387 e. The van der Waals surface area contributed by atoms with Gasteiger partial charge in [0.05, 0.1) is 24.4 Å². The number of halogens is 2. The van der Waals surface area contributed by atoms with Crippen molar-refractivity contribution >= 4 is 5.97 Å². The zero-order chi connectivity index (χ0) is 24.3. The molecule has 1 aliphatic heterocycles. The van der Waals surface area contributed by atoms with Crippen molar-refractivity contribution in [1.29, 1.82) is 0 Å². The fraction of sp³-hybridized carbons (Fsp3) is 0.478. The molecular formula is C23H28F2N2O6. The molecule has 2 heterocycles. The first-order chi connectivity index (χ1) is 15.6. The summed E-state index contributed by atoms with van der Waals surface area (Å²) in [5.74, 6) is -1.33. The number of aromatic carboxylic acids is 1. The number of carbonyl (C=O) groups is 1. The zero-order valence-electron chi connectivity index (χ0n) is 19.1. The number of ether oxygens (including phenoxy) is 3. The highest BCUT2D eigenvalue weighted by Gasteiger charge is 2.33. The fourth-order valence-corrected chi connectivity index (χ4v) is 3.67. The Hall–Kier alpha value is -3.14. The van der Waals surface area contributed by atoms with Gasteiger partial charge in [-0.05, 0) is 38.0 Å². The van der Waals surface area contributed by atoms with Crippen molar-refractivity contribution in [2.75, 3.05) is 25.3 Å². The number of methoxy groups -OCH3 is 1. The maximum atomic E-state index is 13.1. The van der Waals surface area contributed by atoms with E-state index < -0.39 is 23.5 Å². The molecule has 0 bridgehead atoms. The summed E-state index contributed by atoms with van der Waals surface area (Å²) in [7, 11) is 1.56. The molecule has 33 heavy (non-hydrogen) atoms. The van der Waals surface area contributed by atoms with Gasteiger partial charge < -0.3 is 24.3 Å². The van der Waals surface area contributed by atoms with Gasteiger partial charge in [0.2, 0.25) is 0 Å². The van der Waals surface area contributed by atoms with E-state index in [9.17, 15) is 23.5 Å². The monoisotopic (exact) mass is 466 g/mol. The van der Waals surface area contributed by atoms with E-state index in [1.54, 1.807) is 17.9 Å². The minimum Gasteiger partial charge on any atom is -0.490 e. The lowest BCUT2D eigenvalue weighted by atomic mass is 9.95. The van der Waals surface area contributed by atoms with E-state index in [0.29, 0.717) is 30.8 Å². The van der Waals surface area contributed by atoms with E-state index in [4.69, 9.17) is 14.2 Å². The molecule has 0 saturated carbocycles. The van der Waals surface area contributed by atoms with E-state index in [2.05, 4.69) is 0 Å². The average molecular weight is 466 g/mol. The van der Waals surface area contributed by atoms with Crippen LogP contribution in [-0.2, 0) is 11.3 Å². The number of benzene rings is 1. The maximum Gasteiger partial charge on any atom is 0.387 e. The van der Waals surface area contributed by atoms with Crippen LogP contribution in [0, 0.1) is 0 Å². The molecule has 0 atom stereocenters. The first-order valence-corrected chi connectivity index (χ1v) is 10.6. The molecular weight excluding hydrogens is 438 g/mol. The van der Waals surface area contributed by atoms with Gasteiger partial charge in [0, 0.05) is 38.0 Å². The van der Waals surface area contributed by atoms with Crippen LogP contribution in [0.1, 0.15) is 49.5 Å². The minimum absolute atomic E-state index is 0.161. The number of fused-ring (bicyclic) bond motifs is 3. The summed E-state index contributed by atoms with van der Waals surface area (Å²) in [4.78, 5) is 24.1. The average Bonchev–Trinajstić information content (AvgIpc) is 2.75. The molecule has 10 heteroatoms. The van der Waals surface area contributed by atoms with Crippen LogP contribution in [0.3, 0.4) is 0 Å². The Morgan fingerprint density at radius 1 is 1.21 bits per heavy atom. The van der Waals surface area contributed by atoms with Crippen molar-refractivity contribution in [3.8, 4) is 22.8 Å². The minimum atomic E-state index is -3.07. The second kappa shape index (κ2) is 9.78. The molecule has 0 unspecified atom stereocenters. The largest absolute Gasteiger partial charge is 0.490 e. The number of hydrogen-bond donors (Lipinski definition) is 1. The number of rotatable bonds is 10. The van der Waals surface area contributed by atoms with Gasteiger partial charge in [0.25, 0.3) is 0 Å². The van der Waals surface area contributed by atoms with Crippen LogP contribution < -0.4 is 19.9 Å². The molecule has 1 aromatic carbocycles. The Morgan fingerprint density at radius 2 is 1.94 bits per heavy atom. The van der Waals surface area contributed by atoms with Gasteiger partial charge in [0.15, 0.2) is 16.9 Å². The van der Waals surface area contributed by atoms with Gasteiger partial charge in [-0.1, -0.05) is 6.92 Å². The maximum absolute atomic E-state index is 13.1. The van der Waals surface area contributed by atoms with Crippen molar-refractivity contribution in [3.63, 3.8) is 0 Å². The van der Waals surface area contributed by atoms with Gasteiger partial charge in [0.1, 0.15) is 5.56 Å². The van der Waals surface area contributed by atoms with Gasteiger partial charge >= 0.3 is 12.6 Å². The van der Waals surface area contributed by atoms with Crippen LogP contribution in [0.25, 0.3) is 11.3 Å². The first-order valence-electron chi connectivity index (χ1n) is 10.6. The summed E-state index contributed by atoms with van der Waals surface area (Å²) >= 11 is 0. The fourth-order valence-electron chi connectivity index (χ4n) is 3.67. The number of aromatic nitrogens is 1. The lowest BCUT2D eigenvalue weighted by Crippen LogP contribution is -2.52. The van der Waals surface area contributed by atoms with E-state index in [1.165, 1.54) is 18.3 Å². The molecule has 180 valence electrons. The summed E-state index contributed by atoms with van der Waals surface area (Å²) < 4.78 is 43.3. The van der Waals surface area contributed by atoms with Gasteiger partial charge in [-0.25, -0.2) is 4.79 Å². The third kappa shape index (κ3) is 5.11. The van der Waals surface area contributed by atoms with Crippen molar-refractivity contribution in [3.05, 3.63) is 45.7 Å². The van der Waals surface area contributed by atoms with E-state index in [1.807, 2.05) is 25.8 Å². The molecule has 1 aliphatic rings. The van der Waals surface area contributed by atoms with Crippen LogP contribution in [0.2, 0.25) is 0 Å². The Labute approximate surface area is 190 Å². The highest BCUT2D eigenvalue weighted by atomic mass is 19.3. The van der Waals surface area contributed by atoms with Crippen molar-refractivity contribution in [2.45, 2.75) is 52.3 Å². The van der Waals surface area contributed by atoms with Gasteiger partial charge in [-0.3, -0.25) is 9.47 Å². The predicted molar refractivity (Wildman–Crippen MR) is 118 cm³/mol. The lowest BCUT2D eigenvalue weighted by molar-refractivity contribution is -0.0515. The Bertz CT molecular complexity index is 1080. The summed E-state index contributed by atoms with van der Waals surface area (Å²) in [5, 5.41) is 11.4. The number of alkyl halides is 2. The Balaban J connectivity index is 2.18. The summed E-state index contributed by atoms with van der Waals surface area (Å²) in [6.07, 6.45) is 2.57. The summed E-state index contributed by atoms with van der Waals surface area (Å²) in [5.41, 5.74) is 0.162. The molecule has 0 radical (unpaired) electrons. The van der Waals surface area contributed by atoms with Gasteiger partial charge in [-0.15, -0.1) is 0 Å². The molecule has 1 aromatic heterocycles. The molecule has 8 nitrogen and oxygen atoms in total. The summed E-state index contributed by atoms with van der Waals surface area (Å²) in [6.45, 7) is 3.97. The topological polar surface area (TPSA) is 90.2 Å². The normalized spacial score (nSPS) is 13.0. The van der Waals surface area contributed by atoms with E-state index >= 15 is 0 Å².